The van der Waals surface area contributed by atoms with Gasteiger partial charge >= 0.3 is 51.4 Å². The van der Waals surface area contributed by atoms with E-state index < -0.39 is 6.10 Å². The molecule has 0 aromatic heterocycles. The molecule has 0 bridgehead atoms. The zero-order valence-corrected chi connectivity index (χ0v) is 14.8. The van der Waals surface area contributed by atoms with Gasteiger partial charge in [0.05, 0.1) is 0 Å². The van der Waals surface area contributed by atoms with Crippen molar-refractivity contribution >= 4 is 5.78 Å². The van der Waals surface area contributed by atoms with E-state index >= 15 is 0 Å². The first-order chi connectivity index (χ1) is 8.25. The van der Waals surface area contributed by atoms with E-state index in [1.165, 1.54) is 5.56 Å². The van der Waals surface area contributed by atoms with Crippen molar-refractivity contribution in [3.8, 4) is 11.5 Å². The number of aromatic hydroxyl groups is 1. The Kier molecular flexibility index (Phi) is 5.63. The van der Waals surface area contributed by atoms with Crippen molar-refractivity contribution in [3.63, 3.8) is 0 Å². The average molecular weight is 299 g/mol. The van der Waals surface area contributed by atoms with Gasteiger partial charge in [-0.3, -0.25) is 4.79 Å². The first-order valence-electron chi connectivity index (χ1n) is 5.99. The van der Waals surface area contributed by atoms with Crippen molar-refractivity contribution in [1.82, 2.24) is 0 Å². The van der Waals surface area contributed by atoms with Crippen molar-refractivity contribution in [2.24, 2.45) is 5.92 Å². The summed E-state index contributed by atoms with van der Waals surface area (Å²) in [5, 5.41) is 9.84. The molecule has 1 aromatic rings. The molecule has 0 fully saturated rings. The Labute approximate surface area is 160 Å². The van der Waals surface area contributed by atoms with Crippen molar-refractivity contribution in [2.45, 2.75) is 24.9 Å². The molecule has 1 aromatic carbocycles. The second-order valence-electron chi connectivity index (χ2n) is 5.01. The van der Waals surface area contributed by atoms with Gasteiger partial charge in [-0.25, -0.2) is 0 Å². The summed E-state index contributed by atoms with van der Waals surface area (Å²) < 4.78 is 5.69. The number of rotatable bonds is 0. The van der Waals surface area contributed by atoms with Crippen molar-refractivity contribution < 1.29 is 71.5 Å². The fourth-order valence-corrected chi connectivity index (χ4v) is 3.39. The van der Waals surface area contributed by atoms with Crippen LogP contribution in [0.1, 0.15) is 23.5 Å². The molecule has 4 nitrogen and oxygen atoms in total. The van der Waals surface area contributed by atoms with Crippen molar-refractivity contribution in [3.05, 3.63) is 42.8 Å². The molecule has 3 aliphatic rings. The Bertz CT molecular complexity index is 567. The van der Waals surface area contributed by atoms with Gasteiger partial charge in [-0.2, -0.15) is 0 Å². The SMILES string of the molecule is O=C1C=CC2CCc3ccc(O)c4c3C2C1O4.[CH3-].[K+].[OH-]. The van der Waals surface area contributed by atoms with Crippen LogP contribution in [-0.2, 0) is 11.2 Å². The van der Waals surface area contributed by atoms with E-state index in [4.69, 9.17) is 4.74 Å². The topological polar surface area (TPSA) is 76.5 Å². The number of ether oxygens (including phenoxy) is 1. The quantitative estimate of drug-likeness (QED) is 0.503. The van der Waals surface area contributed by atoms with Crippen LogP contribution >= 0.6 is 0 Å². The number of phenolic OH excluding ortho intramolecular Hbond substituents is 1. The van der Waals surface area contributed by atoms with E-state index in [1.54, 1.807) is 12.1 Å². The van der Waals surface area contributed by atoms with E-state index in [2.05, 4.69) is 0 Å². The maximum atomic E-state index is 11.8. The first-order valence-corrected chi connectivity index (χ1v) is 5.99. The molecule has 1 heterocycles. The second-order valence-corrected chi connectivity index (χ2v) is 5.01. The molecule has 20 heavy (non-hydrogen) atoms. The third-order valence-corrected chi connectivity index (χ3v) is 4.17. The minimum atomic E-state index is -0.410. The molecule has 3 unspecified atom stereocenters. The van der Waals surface area contributed by atoms with Crippen LogP contribution in [0.5, 0.6) is 11.5 Å². The zero-order valence-electron chi connectivity index (χ0n) is 11.7. The van der Waals surface area contributed by atoms with Crippen LogP contribution in [0.3, 0.4) is 0 Å². The van der Waals surface area contributed by atoms with E-state index in [9.17, 15) is 9.90 Å². The third kappa shape index (κ3) is 2.30. The number of benzene rings is 1. The summed E-state index contributed by atoms with van der Waals surface area (Å²) in [5.41, 5.74) is 2.30. The molecule has 5 heteroatoms. The minimum absolute atomic E-state index is 0. The zero-order chi connectivity index (χ0) is 11.6. The largest absolute Gasteiger partial charge is 1.00 e. The van der Waals surface area contributed by atoms with Crippen molar-refractivity contribution in [2.75, 3.05) is 0 Å². The smallest absolute Gasteiger partial charge is 0.870 e. The molecule has 2 aliphatic carbocycles. The summed E-state index contributed by atoms with van der Waals surface area (Å²) in [6.07, 6.45) is 5.30. The van der Waals surface area contributed by atoms with E-state index in [1.807, 2.05) is 12.1 Å². The number of hydrogen-bond acceptors (Lipinski definition) is 4. The average Bonchev–Trinajstić information content (AvgIpc) is 2.75. The molecule has 3 atom stereocenters. The number of allylic oxidation sites excluding steroid dienone is 1. The molecule has 0 saturated carbocycles. The van der Waals surface area contributed by atoms with Gasteiger partial charge in [0.15, 0.2) is 23.4 Å². The van der Waals surface area contributed by atoms with Crippen LogP contribution in [0.25, 0.3) is 0 Å². The molecule has 0 saturated heterocycles. The third-order valence-electron chi connectivity index (χ3n) is 4.17. The van der Waals surface area contributed by atoms with Crippen LogP contribution in [0.15, 0.2) is 24.3 Å². The van der Waals surface area contributed by atoms with E-state index in [-0.39, 0.29) is 81.7 Å². The van der Waals surface area contributed by atoms with Crippen LogP contribution < -0.4 is 56.1 Å². The first kappa shape index (κ1) is 17.9. The van der Waals surface area contributed by atoms with E-state index in [0.717, 1.165) is 18.4 Å². The standard InChI is InChI=1S/C14H12O3.CH3.K.H2O/c15-9-5-3-7-1-2-8-4-6-10(16)14-12(8)11(7)13(9)17-14;;;/h3-7,11,13,16H,1-2H2;1H3;;1H2/q;-1;+1;/p-1. The Morgan fingerprint density at radius 1 is 1.30 bits per heavy atom. The van der Waals surface area contributed by atoms with E-state index in [0.29, 0.717) is 11.7 Å². The fraction of sp³-hybridized carbons (Fsp3) is 0.333. The predicted molar refractivity (Wildman–Crippen MR) is 69.6 cm³/mol. The van der Waals surface area contributed by atoms with Gasteiger partial charge in [-0.05, 0) is 36.5 Å². The van der Waals surface area contributed by atoms with Gasteiger partial charge in [0.1, 0.15) is 0 Å². The summed E-state index contributed by atoms with van der Waals surface area (Å²) in [6, 6.07) is 3.63. The van der Waals surface area contributed by atoms with Crippen LogP contribution in [-0.4, -0.2) is 22.5 Å². The van der Waals surface area contributed by atoms with Gasteiger partial charge in [-0.15, -0.1) is 0 Å². The fourth-order valence-electron chi connectivity index (χ4n) is 3.39. The maximum absolute atomic E-state index is 11.8. The van der Waals surface area contributed by atoms with Gasteiger partial charge in [0, 0.05) is 11.5 Å². The Hall–Kier alpha value is -0.174. The molecule has 0 radical (unpaired) electrons. The van der Waals surface area contributed by atoms with Crippen LogP contribution in [0.2, 0.25) is 0 Å². The predicted octanol–water partition coefficient (Wildman–Crippen LogP) is -0.784. The number of carbonyl (C=O) groups is 1. The normalized spacial score (nSPS) is 27.4. The number of phenols is 1. The molecule has 0 spiro atoms. The molecule has 1 aliphatic heterocycles. The number of carbonyl (C=O) groups excluding carboxylic acids is 1. The van der Waals surface area contributed by atoms with Gasteiger partial charge in [0.25, 0.3) is 0 Å². The minimum Gasteiger partial charge on any atom is -0.870 e. The van der Waals surface area contributed by atoms with Gasteiger partial charge in [-0.1, -0.05) is 12.1 Å². The molecule has 4 rings (SSSR count). The second kappa shape index (κ2) is 6.30. The summed E-state index contributed by atoms with van der Waals surface area (Å²) in [6.45, 7) is 0. The summed E-state index contributed by atoms with van der Waals surface area (Å²) in [4.78, 5) is 11.8. The van der Waals surface area contributed by atoms with Gasteiger partial charge < -0.3 is 22.7 Å². The molecular formula is C15H16KO4-. The molecule has 2 N–H and O–H groups in total. The number of ketones is 1. The number of hydrogen-bond donors (Lipinski definition) is 1. The number of aryl methyl sites for hydroxylation is 1. The Morgan fingerprint density at radius 3 is 2.80 bits per heavy atom. The molecule has 102 valence electrons. The Balaban J connectivity index is 0.000000667. The monoisotopic (exact) mass is 299 g/mol. The van der Waals surface area contributed by atoms with Crippen molar-refractivity contribution in [1.29, 1.82) is 0 Å². The molecule has 0 amide bonds. The summed E-state index contributed by atoms with van der Waals surface area (Å²) >= 11 is 0. The summed E-state index contributed by atoms with van der Waals surface area (Å²) in [7, 11) is 0. The summed E-state index contributed by atoms with van der Waals surface area (Å²) in [5.74, 6) is 1.23. The van der Waals surface area contributed by atoms with Crippen LogP contribution in [0.4, 0.5) is 0 Å². The maximum Gasteiger partial charge on any atom is 1.00 e. The molecular weight excluding hydrogens is 283 g/mol. The van der Waals surface area contributed by atoms with Gasteiger partial charge in [0.2, 0.25) is 0 Å². The van der Waals surface area contributed by atoms with Crippen LogP contribution in [0, 0.1) is 13.3 Å². The Morgan fingerprint density at radius 2 is 2.05 bits per heavy atom.